The molecular weight excluding hydrogens is 713 g/mol. The number of fused-ring (bicyclic) bond motifs is 3. The number of benzene rings is 9. The summed E-state index contributed by atoms with van der Waals surface area (Å²) < 4.78 is 2.43. The van der Waals surface area contributed by atoms with Crippen LogP contribution in [0.3, 0.4) is 0 Å². The van der Waals surface area contributed by atoms with Crippen LogP contribution in [0.15, 0.2) is 231 Å². The van der Waals surface area contributed by atoms with Gasteiger partial charge < -0.3 is 9.47 Å². The van der Waals surface area contributed by atoms with Crippen molar-refractivity contribution >= 4 is 38.9 Å². The van der Waals surface area contributed by atoms with Gasteiger partial charge in [-0.2, -0.15) is 0 Å². The molecule has 0 radical (unpaired) electrons. The van der Waals surface area contributed by atoms with Crippen molar-refractivity contribution in [1.29, 1.82) is 0 Å². The van der Waals surface area contributed by atoms with Crippen LogP contribution in [-0.4, -0.2) is 4.57 Å². The van der Waals surface area contributed by atoms with Gasteiger partial charge >= 0.3 is 0 Å². The third-order valence-corrected chi connectivity index (χ3v) is 11.9. The predicted molar refractivity (Wildman–Crippen MR) is 250 cm³/mol. The van der Waals surface area contributed by atoms with Crippen LogP contribution >= 0.6 is 0 Å². The van der Waals surface area contributed by atoms with Gasteiger partial charge in [0.05, 0.1) is 11.0 Å². The molecule has 0 aliphatic heterocycles. The molecule has 0 atom stereocenters. The lowest BCUT2D eigenvalue weighted by atomic mass is 9.78. The minimum Gasteiger partial charge on any atom is -0.311 e. The van der Waals surface area contributed by atoms with E-state index in [2.05, 4.69) is 254 Å². The maximum absolute atomic E-state index is 2.43. The molecular formula is C57H44N2. The van der Waals surface area contributed by atoms with Gasteiger partial charge in [0.15, 0.2) is 0 Å². The summed E-state index contributed by atoms with van der Waals surface area (Å²) in [6.07, 6.45) is 0. The van der Waals surface area contributed by atoms with Gasteiger partial charge in [0, 0.05) is 38.9 Å². The maximum Gasteiger partial charge on any atom is 0.0541 e. The molecule has 10 rings (SSSR count). The molecule has 282 valence electrons. The number of para-hydroxylation sites is 3. The molecule has 2 heteroatoms. The van der Waals surface area contributed by atoms with Crippen molar-refractivity contribution in [1.82, 2.24) is 4.57 Å². The van der Waals surface area contributed by atoms with Gasteiger partial charge in [0.2, 0.25) is 0 Å². The Labute approximate surface area is 346 Å². The third-order valence-electron chi connectivity index (χ3n) is 11.9. The fraction of sp³-hybridized carbons (Fsp3) is 0.0526. The third kappa shape index (κ3) is 6.79. The smallest absolute Gasteiger partial charge is 0.0541 e. The highest BCUT2D eigenvalue weighted by Gasteiger charge is 2.23. The number of nitrogens with zero attached hydrogens (tertiary/aromatic N) is 2. The molecule has 0 saturated carbocycles. The van der Waals surface area contributed by atoms with Gasteiger partial charge in [-0.1, -0.05) is 178 Å². The normalized spacial score (nSPS) is 11.6. The van der Waals surface area contributed by atoms with Gasteiger partial charge in [0.1, 0.15) is 0 Å². The minimum absolute atomic E-state index is 0.116. The topological polar surface area (TPSA) is 8.17 Å². The van der Waals surface area contributed by atoms with Crippen molar-refractivity contribution in [3.63, 3.8) is 0 Å². The van der Waals surface area contributed by atoms with Crippen LogP contribution in [0.25, 0.3) is 60.9 Å². The van der Waals surface area contributed by atoms with E-state index in [9.17, 15) is 0 Å². The zero-order valence-corrected chi connectivity index (χ0v) is 33.3. The Morgan fingerprint density at radius 1 is 0.322 bits per heavy atom. The first kappa shape index (κ1) is 36.0. The first-order valence-corrected chi connectivity index (χ1v) is 20.4. The van der Waals surface area contributed by atoms with Crippen molar-refractivity contribution in [3.8, 4) is 39.1 Å². The summed E-state index contributed by atoms with van der Waals surface area (Å²) in [5, 5.41) is 2.51. The monoisotopic (exact) mass is 756 g/mol. The Bertz CT molecular complexity index is 2960. The van der Waals surface area contributed by atoms with Crippen molar-refractivity contribution in [2.45, 2.75) is 19.3 Å². The summed E-state index contributed by atoms with van der Waals surface area (Å²) in [5.41, 5.74) is 16.4. The van der Waals surface area contributed by atoms with Gasteiger partial charge in [-0.3, -0.25) is 0 Å². The largest absolute Gasteiger partial charge is 0.311 e. The zero-order chi connectivity index (χ0) is 39.8. The first-order valence-electron chi connectivity index (χ1n) is 20.4. The Morgan fingerprint density at radius 3 is 1.22 bits per heavy atom. The predicted octanol–water partition coefficient (Wildman–Crippen LogP) is 15.6. The average molecular weight is 757 g/mol. The first-order chi connectivity index (χ1) is 29.0. The van der Waals surface area contributed by atoms with Gasteiger partial charge in [-0.15, -0.1) is 0 Å². The Hall–Kier alpha value is -7.42. The highest BCUT2D eigenvalue weighted by atomic mass is 15.1. The molecule has 10 aromatic rings. The van der Waals surface area contributed by atoms with Crippen LogP contribution in [-0.2, 0) is 5.41 Å². The van der Waals surface area contributed by atoms with Crippen LogP contribution in [0.1, 0.15) is 25.0 Å². The van der Waals surface area contributed by atoms with Gasteiger partial charge in [-0.05, 0) is 111 Å². The molecule has 0 spiro atoms. The highest BCUT2D eigenvalue weighted by molar-refractivity contribution is 6.09. The fourth-order valence-corrected chi connectivity index (χ4v) is 8.64. The van der Waals surface area contributed by atoms with E-state index in [4.69, 9.17) is 0 Å². The lowest BCUT2D eigenvalue weighted by Crippen LogP contribution is -2.18. The van der Waals surface area contributed by atoms with Crippen LogP contribution in [0.2, 0.25) is 0 Å². The standard InChI is InChI=1S/C57H44N2/c1-57(2,47-18-8-4-9-19-47)48-32-26-43(27-33-48)45-38-46(40-52(39-45)59-55-24-14-12-22-53(55)54-23-13-15-25-56(54)59)44-30-36-51(37-31-44)58(49-20-10-5-11-21-49)50-34-28-42(29-35-50)41-16-6-3-7-17-41/h3-40H,1-2H3. The van der Waals surface area contributed by atoms with E-state index < -0.39 is 0 Å². The van der Waals surface area contributed by atoms with Crippen molar-refractivity contribution in [2.24, 2.45) is 0 Å². The van der Waals surface area contributed by atoms with Gasteiger partial charge in [0.25, 0.3) is 0 Å². The lowest BCUT2D eigenvalue weighted by Gasteiger charge is -2.26. The Kier molecular flexibility index (Phi) is 9.24. The van der Waals surface area contributed by atoms with E-state index >= 15 is 0 Å². The molecule has 0 unspecified atom stereocenters. The van der Waals surface area contributed by atoms with E-state index in [1.165, 1.54) is 55.2 Å². The Morgan fingerprint density at radius 2 is 0.695 bits per heavy atom. The number of aromatic nitrogens is 1. The second-order valence-corrected chi connectivity index (χ2v) is 15.8. The van der Waals surface area contributed by atoms with E-state index in [0.717, 1.165) is 33.9 Å². The molecule has 2 nitrogen and oxygen atoms in total. The van der Waals surface area contributed by atoms with Crippen LogP contribution in [0, 0.1) is 0 Å². The zero-order valence-electron chi connectivity index (χ0n) is 33.3. The molecule has 0 amide bonds. The van der Waals surface area contributed by atoms with Crippen LogP contribution in [0.5, 0.6) is 0 Å². The minimum atomic E-state index is -0.116. The van der Waals surface area contributed by atoms with Crippen LogP contribution < -0.4 is 4.90 Å². The second kappa shape index (κ2) is 15.2. The molecule has 59 heavy (non-hydrogen) atoms. The number of hydrogen-bond donors (Lipinski definition) is 0. The SMILES string of the molecule is CC(C)(c1ccccc1)c1ccc(-c2cc(-c3ccc(N(c4ccccc4)c4ccc(-c5ccccc5)cc4)cc3)cc(-n3c4ccccc4c4ccccc43)c2)cc1. The molecule has 0 saturated heterocycles. The molecule has 9 aromatic carbocycles. The molecule has 0 aliphatic carbocycles. The molecule has 0 N–H and O–H groups in total. The van der Waals surface area contributed by atoms with Crippen molar-refractivity contribution in [2.75, 3.05) is 4.90 Å². The van der Waals surface area contributed by atoms with E-state index in [0.29, 0.717) is 0 Å². The molecule has 0 bridgehead atoms. The fourth-order valence-electron chi connectivity index (χ4n) is 8.64. The summed E-state index contributed by atoms with van der Waals surface area (Å²) >= 11 is 0. The van der Waals surface area contributed by atoms with Crippen molar-refractivity contribution in [3.05, 3.63) is 242 Å². The summed E-state index contributed by atoms with van der Waals surface area (Å²) in [7, 11) is 0. The summed E-state index contributed by atoms with van der Waals surface area (Å²) in [4.78, 5) is 2.33. The Balaban J connectivity index is 1.08. The average Bonchev–Trinajstić information content (AvgIpc) is 3.65. The summed E-state index contributed by atoms with van der Waals surface area (Å²) in [6, 6.07) is 83.6. The van der Waals surface area contributed by atoms with Crippen molar-refractivity contribution < 1.29 is 0 Å². The van der Waals surface area contributed by atoms with E-state index in [1.54, 1.807) is 0 Å². The van der Waals surface area contributed by atoms with E-state index in [-0.39, 0.29) is 5.41 Å². The number of rotatable bonds is 9. The number of anilines is 3. The highest BCUT2D eigenvalue weighted by Crippen LogP contribution is 2.40. The molecule has 0 fully saturated rings. The second-order valence-electron chi connectivity index (χ2n) is 15.8. The van der Waals surface area contributed by atoms with Gasteiger partial charge in [-0.25, -0.2) is 0 Å². The summed E-state index contributed by atoms with van der Waals surface area (Å²) in [5.74, 6) is 0. The maximum atomic E-state index is 2.43. The van der Waals surface area contributed by atoms with E-state index in [1.807, 2.05) is 0 Å². The number of hydrogen-bond acceptors (Lipinski definition) is 1. The molecule has 1 heterocycles. The molecule has 1 aromatic heterocycles. The lowest BCUT2D eigenvalue weighted by molar-refractivity contribution is 0.641. The molecule has 0 aliphatic rings. The van der Waals surface area contributed by atoms with Crippen LogP contribution in [0.4, 0.5) is 17.1 Å². The quantitative estimate of drug-likeness (QED) is 0.142. The summed E-state index contributed by atoms with van der Waals surface area (Å²) in [6.45, 7) is 4.61.